The van der Waals surface area contributed by atoms with Crippen LogP contribution in [0.4, 0.5) is 10.1 Å². The van der Waals surface area contributed by atoms with Crippen LogP contribution in [-0.4, -0.2) is 53.3 Å². The Morgan fingerprint density at radius 1 is 1.21 bits per heavy atom. The second-order valence-electron chi connectivity index (χ2n) is 8.79. The quantitative estimate of drug-likeness (QED) is 0.596. The van der Waals surface area contributed by atoms with Crippen LogP contribution in [0.15, 0.2) is 42.5 Å². The number of aliphatic hydroxyl groups is 1. The lowest BCUT2D eigenvalue weighted by molar-refractivity contribution is -0.143. The Kier molecular flexibility index (Phi) is 6.95. The topological polar surface area (TPSA) is 105 Å². The fourth-order valence-corrected chi connectivity index (χ4v) is 4.04. The van der Waals surface area contributed by atoms with Gasteiger partial charge in [-0.25, -0.2) is 4.39 Å². The van der Waals surface area contributed by atoms with Crippen molar-refractivity contribution in [1.82, 2.24) is 4.90 Å². The van der Waals surface area contributed by atoms with Crippen LogP contribution in [-0.2, 0) is 16.1 Å². The van der Waals surface area contributed by atoms with Crippen LogP contribution in [0.1, 0.15) is 31.7 Å². The molecule has 7 nitrogen and oxygen atoms in total. The monoisotopic (exact) mass is 455 g/mol. The van der Waals surface area contributed by atoms with E-state index in [1.54, 1.807) is 6.07 Å². The summed E-state index contributed by atoms with van der Waals surface area (Å²) in [7, 11) is 0. The Bertz CT molecular complexity index is 1020. The number of hydrogen-bond donors (Lipinski definition) is 3. The molecule has 2 aromatic carbocycles. The number of aliphatic hydroxyl groups excluding tert-OH is 1. The van der Waals surface area contributed by atoms with Gasteiger partial charge in [0.05, 0.1) is 6.54 Å². The smallest absolute Gasteiger partial charge is 0.251 e. The summed E-state index contributed by atoms with van der Waals surface area (Å²) < 4.78 is 20.7. The number of halogens is 1. The van der Waals surface area contributed by atoms with Crippen LogP contribution in [0.5, 0.6) is 5.75 Å². The van der Waals surface area contributed by atoms with Crippen LogP contribution in [0.25, 0.3) is 11.1 Å². The fourth-order valence-electron chi connectivity index (χ4n) is 4.04. The van der Waals surface area contributed by atoms with Gasteiger partial charge < -0.3 is 25.8 Å². The zero-order valence-electron chi connectivity index (χ0n) is 18.7. The normalized spacial score (nSPS) is 21.4. The molecule has 1 aliphatic heterocycles. The fraction of sp³-hybridized carbons (Fsp3) is 0.440. The standard InChI is InChI=1S/C25H30FN3O4/c1-15(30)25(32)29-10-9-23(21(26)14-29)33-22-8-7-18(11-19(22)13-27)17-3-2-4-20(12-17)28-24(31)16-5-6-16/h2-4,7-8,11-12,15-16,21,23,30H,5-6,9-10,13-14,27H2,1H3,(H,28,31)/t15-,21+,23-/m0/s1. The van der Waals surface area contributed by atoms with Gasteiger partial charge in [0.15, 0.2) is 6.17 Å². The highest BCUT2D eigenvalue weighted by molar-refractivity contribution is 5.94. The van der Waals surface area contributed by atoms with Gasteiger partial charge in [-0.15, -0.1) is 0 Å². The highest BCUT2D eigenvalue weighted by Crippen LogP contribution is 2.32. The maximum absolute atomic E-state index is 14.7. The Morgan fingerprint density at radius 2 is 1.97 bits per heavy atom. The molecule has 8 heteroatoms. The summed E-state index contributed by atoms with van der Waals surface area (Å²) >= 11 is 0. The van der Waals surface area contributed by atoms with E-state index in [0.717, 1.165) is 35.2 Å². The van der Waals surface area contributed by atoms with Gasteiger partial charge in [0.2, 0.25) is 5.91 Å². The molecule has 1 saturated heterocycles. The number of nitrogens with one attached hydrogen (secondary N) is 1. The zero-order chi connectivity index (χ0) is 23.5. The average Bonchev–Trinajstić information content (AvgIpc) is 3.66. The molecule has 0 bridgehead atoms. The summed E-state index contributed by atoms with van der Waals surface area (Å²) in [6.45, 7) is 1.82. The number of hydrogen-bond acceptors (Lipinski definition) is 5. The van der Waals surface area contributed by atoms with Crippen molar-refractivity contribution >= 4 is 17.5 Å². The summed E-state index contributed by atoms with van der Waals surface area (Å²) in [5.41, 5.74) is 9.30. The number of anilines is 1. The SMILES string of the molecule is C[C@H](O)C(=O)N1CC[C@H](Oc2ccc(-c3cccc(NC(=O)C4CC4)c3)cc2CN)[C@H](F)C1. The number of ether oxygens (including phenoxy) is 1. The van der Waals surface area contributed by atoms with Crippen LogP contribution in [0, 0.1) is 5.92 Å². The maximum Gasteiger partial charge on any atom is 0.251 e. The molecule has 0 spiro atoms. The molecule has 1 heterocycles. The molecule has 176 valence electrons. The van der Waals surface area contributed by atoms with Crippen molar-refractivity contribution in [2.24, 2.45) is 11.7 Å². The molecule has 4 rings (SSSR count). The minimum absolute atomic E-state index is 0.0560. The van der Waals surface area contributed by atoms with Gasteiger partial charge in [0.25, 0.3) is 5.91 Å². The third kappa shape index (κ3) is 5.51. The van der Waals surface area contributed by atoms with Gasteiger partial charge in [-0.1, -0.05) is 18.2 Å². The van der Waals surface area contributed by atoms with E-state index in [2.05, 4.69) is 5.32 Å². The number of nitrogens with zero attached hydrogens (tertiary/aromatic N) is 1. The van der Waals surface area contributed by atoms with E-state index in [9.17, 15) is 19.1 Å². The lowest BCUT2D eigenvalue weighted by Crippen LogP contribution is -2.51. The molecule has 2 aliphatic rings. The Balaban J connectivity index is 1.45. The van der Waals surface area contributed by atoms with E-state index >= 15 is 0 Å². The van der Waals surface area contributed by atoms with Crippen molar-refractivity contribution in [1.29, 1.82) is 0 Å². The highest BCUT2D eigenvalue weighted by atomic mass is 19.1. The Morgan fingerprint density at radius 3 is 2.64 bits per heavy atom. The molecule has 2 aromatic rings. The van der Waals surface area contributed by atoms with Crippen molar-refractivity contribution in [3.8, 4) is 16.9 Å². The number of carbonyl (C=O) groups excluding carboxylic acids is 2. The van der Waals surface area contributed by atoms with E-state index in [-0.39, 0.29) is 24.9 Å². The summed E-state index contributed by atoms with van der Waals surface area (Å²) in [6.07, 6.45) is -0.982. The molecule has 0 radical (unpaired) electrons. The van der Waals surface area contributed by atoms with Crippen molar-refractivity contribution < 1.29 is 23.8 Å². The molecule has 4 N–H and O–H groups in total. The van der Waals surface area contributed by atoms with E-state index in [0.29, 0.717) is 18.7 Å². The summed E-state index contributed by atoms with van der Waals surface area (Å²) in [5, 5.41) is 12.4. The molecule has 0 aromatic heterocycles. The second-order valence-corrected chi connectivity index (χ2v) is 8.79. The average molecular weight is 456 g/mol. The van der Waals surface area contributed by atoms with Crippen molar-refractivity contribution in [2.45, 2.75) is 51.1 Å². The van der Waals surface area contributed by atoms with Gasteiger partial charge >= 0.3 is 0 Å². The predicted molar refractivity (Wildman–Crippen MR) is 123 cm³/mol. The van der Waals surface area contributed by atoms with Crippen LogP contribution in [0.2, 0.25) is 0 Å². The van der Waals surface area contributed by atoms with Crippen LogP contribution >= 0.6 is 0 Å². The maximum atomic E-state index is 14.7. The minimum Gasteiger partial charge on any atom is -0.487 e. The molecular weight excluding hydrogens is 425 g/mol. The summed E-state index contributed by atoms with van der Waals surface area (Å²) in [4.78, 5) is 25.3. The first kappa shape index (κ1) is 23.2. The second kappa shape index (κ2) is 9.89. The molecule has 3 atom stereocenters. The van der Waals surface area contributed by atoms with E-state index in [1.807, 2.05) is 36.4 Å². The third-order valence-electron chi connectivity index (χ3n) is 6.12. The number of piperidine rings is 1. The predicted octanol–water partition coefficient (Wildman–Crippen LogP) is 2.86. The molecule has 1 saturated carbocycles. The third-order valence-corrected chi connectivity index (χ3v) is 6.12. The zero-order valence-corrected chi connectivity index (χ0v) is 18.7. The first-order valence-corrected chi connectivity index (χ1v) is 11.4. The Hall–Kier alpha value is -2.97. The lowest BCUT2D eigenvalue weighted by Gasteiger charge is -2.35. The molecule has 1 aliphatic carbocycles. The number of rotatable bonds is 7. The van der Waals surface area contributed by atoms with Gasteiger partial charge in [-0.2, -0.15) is 0 Å². The number of nitrogens with two attached hydrogens (primary N) is 1. The van der Waals surface area contributed by atoms with Gasteiger partial charge in [0.1, 0.15) is 18.0 Å². The summed E-state index contributed by atoms with van der Waals surface area (Å²) in [5.74, 6) is 0.229. The first-order valence-electron chi connectivity index (χ1n) is 11.4. The Labute approximate surface area is 192 Å². The van der Waals surface area contributed by atoms with Gasteiger partial charge in [-0.3, -0.25) is 9.59 Å². The van der Waals surface area contributed by atoms with Gasteiger partial charge in [0, 0.05) is 36.7 Å². The van der Waals surface area contributed by atoms with Crippen LogP contribution < -0.4 is 15.8 Å². The van der Waals surface area contributed by atoms with Crippen molar-refractivity contribution in [3.63, 3.8) is 0 Å². The molecular formula is C25H30FN3O4. The van der Waals surface area contributed by atoms with Crippen molar-refractivity contribution in [2.75, 3.05) is 18.4 Å². The van der Waals surface area contributed by atoms with Crippen LogP contribution in [0.3, 0.4) is 0 Å². The number of carbonyl (C=O) groups is 2. The number of alkyl halides is 1. The highest BCUT2D eigenvalue weighted by Gasteiger charge is 2.34. The summed E-state index contributed by atoms with van der Waals surface area (Å²) in [6, 6.07) is 13.2. The van der Waals surface area contributed by atoms with E-state index in [4.69, 9.17) is 10.5 Å². The molecule has 0 unspecified atom stereocenters. The minimum atomic E-state index is -1.36. The van der Waals surface area contributed by atoms with Gasteiger partial charge in [-0.05, 0) is 55.2 Å². The van der Waals surface area contributed by atoms with E-state index < -0.39 is 24.3 Å². The first-order chi connectivity index (χ1) is 15.9. The molecule has 2 fully saturated rings. The molecule has 33 heavy (non-hydrogen) atoms. The largest absolute Gasteiger partial charge is 0.487 e. The lowest BCUT2D eigenvalue weighted by atomic mass is 10.0. The molecule has 2 amide bonds. The number of benzene rings is 2. The number of likely N-dealkylation sites (tertiary alicyclic amines) is 1. The van der Waals surface area contributed by atoms with Crippen molar-refractivity contribution in [3.05, 3.63) is 48.0 Å². The van der Waals surface area contributed by atoms with E-state index in [1.165, 1.54) is 11.8 Å². The number of amides is 2.